The largest absolute Gasteiger partial charge is 0.497 e. The van der Waals surface area contributed by atoms with E-state index in [2.05, 4.69) is 10.3 Å². The Balaban J connectivity index is 1.76. The smallest absolute Gasteiger partial charge is 0.252 e. The van der Waals surface area contributed by atoms with E-state index in [1.54, 1.807) is 26.4 Å². The molecule has 0 spiro atoms. The molecule has 0 aliphatic carbocycles. The second kappa shape index (κ2) is 8.39. The predicted molar refractivity (Wildman–Crippen MR) is 124 cm³/mol. The highest BCUT2D eigenvalue weighted by Gasteiger charge is 2.25. The van der Waals surface area contributed by atoms with Crippen molar-refractivity contribution in [3.05, 3.63) is 58.4 Å². The normalized spacial score (nSPS) is 12.1. The lowest BCUT2D eigenvalue weighted by Crippen LogP contribution is -2.33. The summed E-state index contributed by atoms with van der Waals surface area (Å²) in [5.74, 6) is 0.980. The first-order valence-electron chi connectivity index (χ1n) is 9.91. The molecule has 0 radical (unpaired) electrons. The van der Waals surface area contributed by atoms with Crippen LogP contribution in [-0.2, 0) is 4.79 Å². The topological polar surface area (TPSA) is 82.5 Å². The van der Waals surface area contributed by atoms with Gasteiger partial charge in [0, 0.05) is 11.5 Å². The van der Waals surface area contributed by atoms with Gasteiger partial charge in [0.25, 0.3) is 5.56 Å². The first-order chi connectivity index (χ1) is 15.0. The molecular weight excluding hydrogens is 414 g/mol. The Labute approximate surface area is 183 Å². The molecule has 4 aromatic rings. The van der Waals surface area contributed by atoms with Crippen LogP contribution in [0.3, 0.4) is 0 Å². The molecule has 8 heteroatoms. The van der Waals surface area contributed by atoms with E-state index in [0.717, 1.165) is 26.9 Å². The third-order valence-corrected chi connectivity index (χ3v) is 6.22. The van der Waals surface area contributed by atoms with Gasteiger partial charge in [-0.25, -0.2) is 4.98 Å². The highest BCUT2D eigenvalue weighted by Crippen LogP contribution is 2.32. The van der Waals surface area contributed by atoms with Gasteiger partial charge in [-0.15, -0.1) is 0 Å². The van der Waals surface area contributed by atoms with Crippen molar-refractivity contribution in [3.8, 4) is 11.5 Å². The number of carbonyl (C=O) groups is 1. The zero-order valence-electron chi connectivity index (χ0n) is 17.8. The second-order valence-corrected chi connectivity index (χ2v) is 8.19. The van der Waals surface area contributed by atoms with Gasteiger partial charge in [0.05, 0.1) is 30.0 Å². The van der Waals surface area contributed by atoms with Crippen molar-refractivity contribution in [1.82, 2.24) is 9.55 Å². The number of hydrogen-bond donors (Lipinski definition) is 1. The number of hydrogen-bond acceptors (Lipinski definition) is 6. The highest BCUT2D eigenvalue weighted by atomic mass is 32.1. The number of thiazole rings is 1. The molecule has 1 amide bonds. The number of amides is 1. The average Bonchev–Trinajstić information content (AvgIpc) is 3.17. The van der Waals surface area contributed by atoms with Gasteiger partial charge in [-0.1, -0.05) is 30.4 Å². The lowest BCUT2D eigenvalue weighted by Gasteiger charge is -2.21. The molecule has 7 nitrogen and oxygen atoms in total. The third-order valence-electron chi connectivity index (χ3n) is 5.29. The van der Waals surface area contributed by atoms with Crippen LogP contribution in [0.25, 0.3) is 21.1 Å². The molecule has 0 aliphatic rings. The van der Waals surface area contributed by atoms with Gasteiger partial charge in [-0.2, -0.15) is 0 Å². The number of methoxy groups -OCH3 is 2. The van der Waals surface area contributed by atoms with Crippen molar-refractivity contribution >= 4 is 43.5 Å². The summed E-state index contributed by atoms with van der Waals surface area (Å²) in [7, 11) is 3.16. The number of rotatable bonds is 6. The Morgan fingerprint density at radius 2 is 2.00 bits per heavy atom. The minimum Gasteiger partial charge on any atom is -0.497 e. The number of aryl methyl sites for hydroxylation is 1. The van der Waals surface area contributed by atoms with Crippen molar-refractivity contribution in [3.63, 3.8) is 0 Å². The van der Waals surface area contributed by atoms with Crippen LogP contribution in [-0.4, -0.2) is 29.7 Å². The number of nitrogens with one attached hydrogen (secondary N) is 1. The van der Waals surface area contributed by atoms with Gasteiger partial charge < -0.3 is 14.8 Å². The van der Waals surface area contributed by atoms with Crippen molar-refractivity contribution in [2.45, 2.75) is 26.3 Å². The van der Waals surface area contributed by atoms with Crippen LogP contribution >= 0.6 is 11.3 Å². The van der Waals surface area contributed by atoms with E-state index in [9.17, 15) is 9.59 Å². The lowest BCUT2D eigenvalue weighted by atomic mass is 10.1. The lowest BCUT2D eigenvalue weighted by molar-refractivity contribution is -0.119. The summed E-state index contributed by atoms with van der Waals surface area (Å²) in [4.78, 5) is 30.7. The van der Waals surface area contributed by atoms with E-state index in [0.29, 0.717) is 22.8 Å². The van der Waals surface area contributed by atoms with E-state index in [1.807, 2.05) is 44.2 Å². The summed E-state index contributed by atoms with van der Waals surface area (Å²) in [6.07, 6.45) is 0.431. The molecular formula is C23H23N3O4S. The first-order valence-corrected chi connectivity index (χ1v) is 10.7. The monoisotopic (exact) mass is 437 g/mol. The summed E-state index contributed by atoms with van der Waals surface area (Å²) in [6.45, 7) is 3.75. The van der Waals surface area contributed by atoms with Crippen molar-refractivity contribution < 1.29 is 14.3 Å². The van der Waals surface area contributed by atoms with Gasteiger partial charge in [0.15, 0.2) is 5.13 Å². The van der Waals surface area contributed by atoms with E-state index in [1.165, 1.54) is 15.9 Å². The number of aromatic nitrogens is 2. The number of para-hydroxylation sites is 1. The average molecular weight is 438 g/mol. The molecule has 160 valence electrons. The molecule has 2 aromatic heterocycles. The van der Waals surface area contributed by atoms with E-state index >= 15 is 0 Å². The van der Waals surface area contributed by atoms with Crippen LogP contribution in [0.4, 0.5) is 5.13 Å². The van der Waals surface area contributed by atoms with Crippen LogP contribution in [0.2, 0.25) is 0 Å². The van der Waals surface area contributed by atoms with Gasteiger partial charge in [-0.3, -0.25) is 14.2 Å². The fourth-order valence-corrected chi connectivity index (χ4v) is 4.66. The molecule has 1 N–H and O–H groups in total. The Hall–Kier alpha value is -3.39. The predicted octanol–water partition coefficient (Wildman–Crippen LogP) is 4.53. The zero-order chi connectivity index (χ0) is 22.1. The second-order valence-electron chi connectivity index (χ2n) is 7.16. The molecule has 0 fully saturated rings. The maximum absolute atomic E-state index is 13.3. The Morgan fingerprint density at radius 1 is 1.19 bits per heavy atom. The van der Waals surface area contributed by atoms with Crippen LogP contribution in [0, 0.1) is 6.92 Å². The molecule has 2 aromatic carbocycles. The molecule has 31 heavy (non-hydrogen) atoms. The van der Waals surface area contributed by atoms with Crippen LogP contribution in [0.5, 0.6) is 11.5 Å². The maximum Gasteiger partial charge on any atom is 0.252 e. The minimum absolute atomic E-state index is 0.245. The molecule has 2 heterocycles. The Bertz CT molecular complexity index is 1340. The van der Waals surface area contributed by atoms with Crippen molar-refractivity contribution in [2.75, 3.05) is 19.5 Å². The summed E-state index contributed by atoms with van der Waals surface area (Å²) in [6, 6.07) is 12.0. The molecule has 4 rings (SSSR count). The van der Waals surface area contributed by atoms with Crippen molar-refractivity contribution in [2.24, 2.45) is 0 Å². The molecule has 0 aliphatic heterocycles. The summed E-state index contributed by atoms with van der Waals surface area (Å²) in [5.41, 5.74) is 1.98. The third kappa shape index (κ3) is 3.74. The zero-order valence-corrected chi connectivity index (χ0v) is 18.6. The number of anilines is 1. The molecule has 0 bridgehead atoms. The van der Waals surface area contributed by atoms with Crippen molar-refractivity contribution in [1.29, 1.82) is 0 Å². The van der Waals surface area contributed by atoms with Gasteiger partial charge >= 0.3 is 0 Å². The van der Waals surface area contributed by atoms with E-state index in [4.69, 9.17) is 9.47 Å². The maximum atomic E-state index is 13.3. The highest BCUT2D eigenvalue weighted by molar-refractivity contribution is 7.22. The Kier molecular flexibility index (Phi) is 5.65. The van der Waals surface area contributed by atoms with E-state index < -0.39 is 6.04 Å². The summed E-state index contributed by atoms with van der Waals surface area (Å²) >= 11 is 1.36. The van der Waals surface area contributed by atoms with E-state index in [-0.39, 0.29) is 11.5 Å². The minimum atomic E-state index is -0.714. The molecule has 0 saturated carbocycles. The van der Waals surface area contributed by atoms with Crippen LogP contribution in [0.15, 0.2) is 47.3 Å². The molecule has 0 saturated heterocycles. The number of nitrogens with zero attached hydrogens (tertiary/aromatic N) is 2. The van der Waals surface area contributed by atoms with Gasteiger partial charge in [0.1, 0.15) is 17.5 Å². The number of pyridine rings is 1. The SMILES string of the molecule is CCC(C(=O)Nc1nc2ccc(OC)cc2s1)n1c(=O)cc(C)c2cccc(OC)c21. The van der Waals surface area contributed by atoms with Gasteiger partial charge in [-0.05, 0) is 43.2 Å². The molecule has 1 unspecified atom stereocenters. The van der Waals surface area contributed by atoms with Gasteiger partial charge in [0.2, 0.25) is 5.91 Å². The molecule has 1 atom stereocenters. The first kappa shape index (κ1) is 20.9. The summed E-state index contributed by atoms with van der Waals surface area (Å²) < 4.78 is 13.2. The standard InChI is InChI=1S/C23H23N3O4S/c1-5-17(22(28)25-23-24-16-10-9-14(29-3)12-19(16)31-23)26-20(27)11-13(2)15-7-6-8-18(30-4)21(15)26/h6-12,17H,5H2,1-4H3,(H,24,25,28). The number of carbonyl (C=O) groups excluding carboxylic acids is 1. The quantitative estimate of drug-likeness (QED) is 0.479. The summed E-state index contributed by atoms with van der Waals surface area (Å²) in [5, 5.41) is 4.24. The van der Waals surface area contributed by atoms with Crippen LogP contribution < -0.4 is 20.3 Å². The number of fused-ring (bicyclic) bond motifs is 2. The fourth-order valence-electron chi connectivity index (χ4n) is 3.77. The number of benzene rings is 2. The van der Waals surface area contributed by atoms with Crippen LogP contribution in [0.1, 0.15) is 24.9 Å². The fraction of sp³-hybridized carbons (Fsp3) is 0.261. The Morgan fingerprint density at radius 3 is 2.71 bits per heavy atom. The number of ether oxygens (including phenoxy) is 2.